The summed E-state index contributed by atoms with van der Waals surface area (Å²) in [5.74, 6) is -1.05. The van der Waals surface area contributed by atoms with Crippen molar-refractivity contribution >= 4 is 11.8 Å². The lowest BCUT2D eigenvalue weighted by atomic mass is 9.98. The SMILES string of the molecule is NC(=O)c1cccc2c1CCC2C(N)=O. The molecule has 1 aromatic rings. The summed E-state index contributed by atoms with van der Waals surface area (Å²) in [6, 6.07) is 5.26. The Hall–Kier alpha value is -1.84. The van der Waals surface area contributed by atoms with Crippen molar-refractivity contribution < 1.29 is 9.59 Å². The van der Waals surface area contributed by atoms with Gasteiger partial charge in [-0.2, -0.15) is 0 Å². The molecule has 1 aliphatic carbocycles. The molecule has 1 unspecified atom stereocenters. The molecule has 0 fully saturated rings. The Morgan fingerprint density at radius 1 is 1.27 bits per heavy atom. The maximum atomic E-state index is 11.2. The molecule has 0 aromatic heterocycles. The van der Waals surface area contributed by atoms with E-state index in [0.717, 1.165) is 11.1 Å². The molecule has 1 aliphatic rings. The van der Waals surface area contributed by atoms with Crippen molar-refractivity contribution in [2.75, 3.05) is 0 Å². The summed E-state index contributed by atoms with van der Waals surface area (Å²) in [6.45, 7) is 0. The van der Waals surface area contributed by atoms with Gasteiger partial charge >= 0.3 is 0 Å². The van der Waals surface area contributed by atoms with Crippen LogP contribution in [0.15, 0.2) is 18.2 Å². The fourth-order valence-electron chi connectivity index (χ4n) is 2.18. The molecule has 0 radical (unpaired) electrons. The first-order valence-corrected chi connectivity index (χ1v) is 4.82. The van der Waals surface area contributed by atoms with E-state index in [1.165, 1.54) is 0 Å². The molecule has 78 valence electrons. The molecule has 15 heavy (non-hydrogen) atoms. The fraction of sp³-hybridized carbons (Fsp3) is 0.273. The van der Waals surface area contributed by atoms with Gasteiger partial charge in [-0.25, -0.2) is 0 Å². The maximum absolute atomic E-state index is 11.2. The van der Waals surface area contributed by atoms with Crippen LogP contribution in [0.4, 0.5) is 0 Å². The third-order valence-corrected chi connectivity index (χ3v) is 2.88. The van der Waals surface area contributed by atoms with Crippen LogP contribution >= 0.6 is 0 Å². The minimum Gasteiger partial charge on any atom is -0.369 e. The van der Waals surface area contributed by atoms with E-state index in [0.29, 0.717) is 18.4 Å². The molecule has 2 amide bonds. The van der Waals surface area contributed by atoms with Gasteiger partial charge in [-0.05, 0) is 30.0 Å². The number of primary amides is 2. The summed E-state index contributed by atoms with van der Waals surface area (Å²) in [7, 11) is 0. The molecule has 1 aromatic carbocycles. The smallest absolute Gasteiger partial charge is 0.248 e. The minimum atomic E-state index is -0.447. The third-order valence-electron chi connectivity index (χ3n) is 2.88. The first kappa shape index (κ1) is 9.71. The molecule has 1 atom stereocenters. The number of hydrogen-bond acceptors (Lipinski definition) is 2. The van der Waals surface area contributed by atoms with Crippen molar-refractivity contribution in [2.45, 2.75) is 18.8 Å². The second-order valence-corrected chi connectivity index (χ2v) is 3.73. The van der Waals surface area contributed by atoms with E-state index in [-0.39, 0.29) is 11.8 Å². The summed E-state index contributed by atoms with van der Waals surface area (Å²) in [5.41, 5.74) is 12.8. The van der Waals surface area contributed by atoms with Crippen LogP contribution in [0.5, 0.6) is 0 Å². The van der Waals surface area contributed by atoms with Crippen molar-refractivity contribution in [1.82, 2.24) is 0 Å². The quantitative estimate of drug-likeness (QED) is 0.725. The molecular weight excluding hydrogens is 192 g/mol. The number of hydrogen-bond donors (Lipinski definition) is 2. The van der Waals surface area contributed by atoms with Crippen molar-refractivity contribution in [1.29, 1.82) is 0 Å². The van der Waals surface area contributed by atoms with E-state index in [2.05, 4.69) is 0 Å². The second kappa shape index (κ2) is 3.38. The van der Waals surface area contributed by atoms with Crippen LogP contribution in [0.2, 0.25) is 0 Å². The molecular formula is C11H12N2O2. The monoisotopic (exact) mass is 204 g/mol. The summed E-state index contributed by atoms with van der Waals surface area (Å²) >= 11 is 0. The first-order chi connectivity index (χ1) is 7.11. The Bertz CT molecular complexity index is 440. The maximum Gasteiger partial charge on any atom is 0.248 e. The van der Waals surface area contributed by atoms with Crippen molar-refractivity contribution in [2.24, 2.45) is 11.5 Å². The van der Waals surface area contributed by atoms with Gasteiger partial charge < -0.3 is 11.5 Å². The Morgan fingerprint density at radius 3 is 2.60 bits per heavy atom. The number of fused-ring (bicyclic) bond motifs is 1. The topological polar surface area (TPSA) is 86.2 Å². The van der Waals surface area contributed by atoms with Crippen LogP contribution in [-0.4, -0.2) is 11.8 Å². The lowest BCUT2D eigenvalue weighted by Crippen LogP contribution is -2.19. The highest BCUT2D eigenvalue weighted by Gasteiger charge is 2.29. The molecule has 4 heteroatoms. The highest BCUT2D eigenvalue weighted by atomic mass is 16.1. The Balaban J connectivity index is 2.52. The highest BCUT2D eigenvalue weighted by molar-refractivity contribution is 5.96. The summed E-state index contributed by atoms with van der Waals surface area (Å²) in [5, 5.41) is 0. The molecule has 0 saturated heterocycles. The second-order valence-electron chi connectivity index (χ2n) is 3.73. The summed E-state index contributed by atoms with van der Waals surface area (Å²) in [6.07, 6.45) is 1.37. The van der Waals surface area contributed by atoms with E-state index < -0.39 is 5.91 Å². The zero-order valence-electron chi connectivity index (χ0n) is 8.19. The first-order valence-electron chi connectivity index (χ1n) is 4.82. The molecule has 0 heterocycles. The van der Waals surface area contributed by atoms with Crippen molar-refractivity contribution in [3.8, 4) is 0 Å². The Morgan fingerprint density at radius 2 is 2.00 bits per heavy atom. The highest BCUT2D eigenvalue weighted by Crippen LogP contribution is 2.34. The molecule has 0 saturated carbocycles. The van der Waals surface area contributed by atoms with Crippen LogP contribution in [0.25, 0.3) is 0 Å². The standard InChI is InChI=1S/C11H12N2O2/c12-10(14)8-3-1-2-6-7(8)4-5-9(6)11(13)15/h1-3,9H,4-5H2,(H2,12,14)(H2,13,15). The lowest BCUT2D eigenvalue weighted by Gasteiger charge is -2.07. The molecule has 4 nitrogen and oxygen atoms in total. The minimum absolute atomic E-state index is 0.265. The predicted molar refractivity (Wildman–Crippen MR) is 55.2 cm³/mol. The zero-order valence-corrected chi connectivity index (χ0v) is 8.19. The average Bonchev–Trinajstić information content (AvgIpc) is 2.59. The van der Waals surface area contributed by atoms with Gasteiger partial charge in [-0.1, -0.05) is 12.1 Å². The largest absolute Gasteiger partial charge is 0.369 e. The van der Waals surface area contributed by atoms with Gasteiger partial charge in [-0.3, -0.25) is 9.59 Å². The number of amides is 2. The van der Waals surface area contributed by atoms with E-state index >= 15 is 0 Å². The van der Waals surface area contributed by atoms with Gasteiger partial charge in [0.25, 0.3) is 0 Å². The van der Waals surface area contributed by atoms with Crippen LogP contribution in [0.1, 0.15) is 33.8 Å². The molecule has 2 rings (SSSR count). The molecule has 0 spiro atoms. The zero-order chi connectivity index (χ0) is 11.0. The van der Waals surface area contributed by atoms with Gasteiger partial charge in [-0.15, -0.1) is 0 Å². The molecule has 0 aliphatic heterocycles. The van der Waals surface area contributed by atoms with Gasteiger partial charge in [0.15, 0.2) is 0 Å². The number of nitrogens with two attached hydrogens (primary N) is 2. The molecule has 4 N–H and O–H groups in total. The van der Waals surface area contributed by atoms with Crippen LogP contribution in [0.3, 0.4) is 0 Å². The summed E-state index contributed by atoms with van der Waals surface area (Å²) < 4.78 is 0. The number of carbonyl (C=O) groups is 2. The van der Waals surface area contributed by atoms with Gasteiger partial charge in [0.2, 0.25) is 11.8 Å². The number of carbonyl (C=O) groups excluding carboxylic acids is 2. The average molecular weight is 204 g/mol. The van der Waals surface area contributed by atoms with E-state index in [4.69, 9.17) is 11.5 Å². The Kier molecular flexibility index (Phi) is 2.19. The predicted octanol–water partition coefficient (Wildman–Crippen LogP) is 0.301. The summed E-state index contributed by atoms with van der Waals surface area (Å²) in [4.78, 5) is 22.3. The fourth-order valence-corrected chi connectivity index (χ4v) is 2.18. The van der Waals surface area contributed by atoms with Gasteiger partial charge in [0.1, 0.15) is 0 Å². The van der Waals surface area contributed by atoms with Crippen LogP contribution in [-0.2, 0) is 11.2 Å². The number of benzene rings is 1. The number of rotatable bonds is 2. The van der Waals surface area contributed by atoms with E-state index in [1.54, 1.807) is 12.1 Å². The van der Waals surface area contributed by atoms with Crippen molar-refractivity contribution in [3.05, 3.63) is 34.9 Å². The Labute approximate surface area is 87.3 Å². The normalized spacial score (nSPS) is 18.5. The van der Waals surface area contributed by atoms with Gasteiger partial charge in [0, 0.05) is 5.56 Å². The van der Waals surface area contributed by atoms with E-state index in [1.807, 2.05) is 6.07 Å². The molecule has 0 bridgehead atoms. The van der Waals surface area contributed by atoms with Gasteiger partial charge in [0.05, 0.1) is 5.92 Å². The van der Waals surface area contributed by atoms with Crippen molar-refractivity contribution in [3.63, 3.8) is 0 Å². The van der Waals surface area contributed by atoms with Crippen LogP contribution < -0.4 is 11.5 Å². The lowest BCUT2D eigenvalue weighted by molar-refractivity contribution is -0.119. The van der Waals surface area contributed by atoms with Crippen LogP contribution in [0, 0.1) is 0 Å². The third kappa shape index (κ3) is 1.48. The van der Waals surface area contributed by atoms with E-state index in [9.17, 15) is 9.59 Å².